The van der Waals surface area contributed by atoms with Gasteiger partial charge in [0.05, 0.1) is 11.9 Å². The van der Waals surface area contributed by atoms with Gasteiger partial charge >= 0.3 is 0 Å². The number of aromatic nitrogens is 3. The van der Waals surface area contributed by atoms with Crippen molar-refractivity contribution in [1.82, 2.24) is 15.0 Å². The van der Waals surface area contributed by atoms with E-state index >= 15 is 0 Å². The molecule has 0 saturated heterocycles. The number of benzene rings is 1. The molecule has 2 rings (SSSR count). The second-order valence-electron chi connectivity index (χ2n) is 4.23. The van der Waals surface area contributed by atoms with Gasteiger partial charge in [-0.2, -0.15) is 0 Å². The van der Waals surface area contributed by atoms with Crippen LogP contribution in [0.1, 0.15) is 30.7 Å². The Balaban J connectivity index is 2.09. The average Bonchev–Trinajstić information content (AvgIpc) is 2.81. The van der Waals surface area contributed by atoms with E-state index in [0.717, 1.165) is 24.2 Å². The molecule has 1 atom stereocenters. The highest BCUT2D eigenvalue weighted by Crippen LogP contribution is 2.19. The van der Waals surface area contributed by atoms with E-state index < -0.39 is 6.10 Å². The normalized spacial score (nSPS) is 12.6. The summed E-state index contributed by atoms with van der Waals surface area (Å²) in [7, 11) is 0. The van der Waals surface area contributed by atoms with E-state index in [1.807, 2.05) is 24.3 Å². The molecule has 0 aliphatic carbocycles. The number of hydrogen-bond donors (Lipinski definition) is 1. The van der Waals surface area contributed by atoms with Gasteiger partial charge in [0.2, 0.25) is 0 Å². The van der Waals surface area contributed by atoms with Crippen molar-refractivity contribution in [3.8, 4) is 0 Å². The molecule has 1 heterocycles. The third-order valence-electron chi connectivity index (χ3n) is 2.77. The second-order valence-corrected chi connectivity index (χ2v) is 4.66. The third-order valence-corrected chi connectivity index (χ3v) is 3.02. The van der Waals surface area contributed by atoms with E-state index in [0.29, 0.717) is 11.4 Å². The van der Waals surface area contributed by atoms with Gasteiger partial charge in [0.15, 0.2) is 0 Å². The molecule has 1 aromatic carbocycles. The molecule has 96 valence electrons. The zero-order valence-electron chi connectivity index (χ0n) is 10.3. The first-order chi connectivity index (χ1) is 8.70. The number of hydrogen-bond acceptors (Lipinski definition) is 3. The third kappa shape index (κ3) is 3.09. The molecule has 2 aromatic rings. The minimum Gasteiger partial charge on any atom is -0.386 e. The summed E-state index contributed by atoms with van der Waals surface area (Å²) in [5, 5.41) is 18.7. The van der Waals surface area contributed by atoms with Crippen molar-refractivity contribution in [1.29, 1.82) is 0 Å². The lowest BCUT2D eigenvalue weighted by Crippen LogP contribution is -2.11. The molecule has 0 bridgehead atoms. The summed E-state index contributed by atoms with van der Waals surface area (Å²) in [5.74, 6) is 0. The first-order valence-corrected chi connectivity index (χ1v) is 6.39. The van der Waals surface area contributed by atoms with Crippen LogP contribution in [-0.2, 0) is 13.0 Å². The van der Waals surface area contributed by atoms with E-state index in [1.54, 1.807) is 10.9 Å². The van der Waals surface area contributed by atoms with Gasteiger partial charge in [0.25, 0.3) is 0 Å². The van der Waals surface area contributed by atoms with Crippen molar-refractivity contribution in [2.45, 2.75) is 32.4 Å². The molecule has 4 nitrogen and oxygen atoms in total. The van der Waals surface area contributed by atoms with Gasteiger partial charge in [-0.05, 0) is 24.1 Å². The molecule has 0 fully saturated rings. The van der Waals surface area contributed by atoms with Crippen molar-refractivity contribution in [3.05, 3.63) is 46.7 Å². The van der Waals surface area contributed by atoms with Gasteiger partial charge in [-0.15, -0.1) is 5.10 Å². The molecule has 5 heteroatoms. The predicted molar refractivity (Wildman–Crippen MR) is 70.4 cm³/mol. The molecule has 1 unspecified atom stereocenters. The van der Waals surface area contributed by atoms with Crippen LogP contribution in [-0.4, -0.2) is 20.1 Å². The Morgan fingerprint density at radius 3 is 2.72 bits per heavy atom. The lowest BCUT2D eigenvalue weighted by Gasteiger charge is -2.12. The average molecular weight is 266 g/mol. The summed E-state index contributed by atoms with van der Waals surface area (Å²) >= 11 is 5.83. The Kier molecular flexibility index (Phi) is 4.33. The second kappa shape index (κ2) is 5.98. The fraction of sp³-hybridized carbons (Fsp3) is 0.385. The van der Waals surface area contributed by atoms with E-state index in [2.05, 4.69) is 17.2 Å². The van der Waals surface area contributed by atoms with Crippen LogP contribution in [0.2, 0.25) is 5.02 Å². The van der Waals surface area contributed by atoms with Gasteiger partial charge in [-0.25, -0.2) is 4.68 Å². The van der Waals surface area contributed by atoms with Gasteiger partial charge in [-0.3, -0.25) is 0 Å². The maximum absolute atomic E-state index is 10.2. The van der Waals surface area contributed by atoms with Crippen LogP contribution in [0.15, 0.2) is 30.5 Å². The van der Waals surface area contributed by atoms with Gasteiger partial charge in [0.1, 0.15) is 6.10 Å². The lowest BCUT2D eigenvalue weighted by atomic mass is 10.1. The monoisotopic (exact) mass is 265 g/mol. The summed E-state index contributed by atoms with van der Waals surface area (Å²) in [4.78, 5) is 0. The summed E-state index contributed by atoms with van der Waals surface area (Å²) in [6.07, 6.45) is 2.53. The quantitative estimate of drug-likeness (QED) is 0.904. The minimum absolute atomic E-state index is 0.536. The molecule has 1 N–H and O–H groups in total. The maximum Gasteiger partial charge on any atom is 0.101 e. The summed E-state index contributed by atoms with van der Waals surface area (Å²) in [6.45, 7) is 2.84. The van der Waals surface area contributed by atoms with Crippen LogP contribution >= 0.6 is 11.6 Å². The van der Waals surface area contributed by atoms with Crippen molar-refractivity contribution in [3.63, 3.8) is 0 Å². The van der Waals surface area contributed by atoms with Crippen molar-refractivity contribution in [2.24, 2.45) is 0 Å². The summed E-state index contributed by atoms with van der Waals surface area (Å²) < 4.78 is 1.75. The van der Waals surface area contributed by atoms with Crippen LogP contribution in [0.4, 0.5) is 0 Å². The topological polar surface area (TPSA) is 50.9 Å². The Morgan fingerprint density at radius 1 is 1.33 bits per heavy atom. The largest absolute Gasteiger partial charge is 0.386 e. The van der Waals surface area contributed by atoms with Gasteiger partial charge in [0, 0.05) is 18.0 Å². The van der Waals surface area contributed by atoms with E-state index in [9.17, 15) is 5.11 Å². The molecular formula is C13H16ClN3O. The molecule has 0 spiro atoms. The van der Waals surface area contributed by atoms with Crippen LogP contribution in [0.25, 0.3) is 0 Å². The number of aryl methyl sites for hydroxylation is 1. The number of aliphatic hydroxyl groups excluding tert-OH is 1. The number of halogens is 1. The summed E-state index contributed by atoms with van der Waals surface area (Å²) in [5.41, 5.74) is 1.79. The molecule has 1 aromatic heterocycles. The zero-order chi connectivity index (χ0) is 13.0. The van der Waals surface area contributed by atoms with Crippen LogP contribution < -0.4 is 0 Å². The highest BCUT2D eigenvalue weighted by molar-refractivity contribution is 6.30. The zero-order valence-corrected chi connectivity index (χ0v) is 11.0. The first kappa shape index (κ1) is 13.1. The standard InChI is InChI=1S/C13H16ClN3O/c1-2-7-17-12(9-15-16-17)13(18)8-10-3-5-11(14)6-4-10/h3-6,9,13,18H,2,7-8H2,1H3. The Hall–Kier alpha value is -1.39. The molecule has 0 amide bonds. The smallest absolute Gasteiger partial charge is 0.101 e. The highest BCUT2D eigenvalue weighted by Gasteiger charge is 2.14. The van der Waals surface area contributed by atoms with E-state index in [-0.39, 0.29) is 0 Å². The Labute approximate surface area is 111 Å². The highest BCUT2D eigenvalue weighted by atomic mass is 35.5. The Morgan fingerprint density at radius 2 is 2.06 bits per heavy atom. The predicted octanol–water partition coefficient (Wildman–Crippen LogP) is 2.62. The minimum atomic E-state index is -0.590. The van der Waals surface area contributed by atoms with Gasteiger partial charge < -0.3 is 5.11 Å². The van der Waals surface area contributed by atoms with Gasteiger partial charge in [-0.1, -0.05) is 35.9 Å². The SMILES string of the molecule is CCCn1nncc1C(O)Cc1ccc(Cl)cc1. The fourth-order valence-electron chi connectivity index (χ4n) is 1.86. The van der Waals surface area contributed by atoms with Crippen molar-refractivity contribution >= 4 is 11.6 Å². The molecule has 0 saturated carbocycles. The number of nitrogens with zero attached hydrogens (tertiary/aromatic N) is 3. The lowest BCUT2D eigenvalue weighted by molar-refractivity contribution is 0.166. The molecular weight excluding hydrogens is 250 g/mol. The van der Waals surface area contributed by atoms with E-state index in [4.69, 9.17) is 11.6 Å². The van der Waals surface area contributed by atoms with Crippen molar-refractivity contribution in [2.75, 3.05) is 0 Å². The molecule has 0 radical (unpaired) electrons. The fourth-order valence-corrected chi connectivity index (χ4v) is 1.98. The van der Waals surface area contributed by atoms with Crippen molar-refractivity contribution < 1.29 is 5.11 Å². The molecule has 0 aliphatic heterocycles. The number of aliphatic hydroxyl groups is 1. The first-order valence-electron chi connectivity index (χ1n) is 6.01. The molecule has 18 heavy (non-hydrogen) atoms. The van der Waals surface area contributed by atoms with Crippen LogP contribution in [0, 0.1) is 0 Å². The van der Waals surface area contributed by atoms with Crippen LogP contribution in [0.5, 0.6) is 0 Å². The van der Waals surface area contributed by atoms with E-state index in [1.165, 1.54) is 0 Å². The summed E-state index contributed by atoms with van der Waals surface area (Å²) in [6, 6.07) is 7.48. The Bertz CT molecular complexity index is 495. The number of rotatable bonds is 5. The molecule has 0 aliphatic rings. The maximum atomic E-state index is 10.2. The van der Waals surface area contributed by atoms with Crippen LogP contribution in [0.3, 0.4) is 0 Å².